The van der Waals surface area contributed by atoms with Crippen LogP contribution in [0.4, 0.5) is 0 Å². The van der Waals surface area contributed by atoms with E-state index in [1.165, 1.54) is 0 Å². The van der Waals surface area contributed by atoms with Crippen molar-refractivity contribution in [2.24, 2.45) is 0 Å². The molecule has 0 bridgehead atoms. The van der Waals surface area contributed by atoms with E-state index < -0.39 is 0 Å². The van der Waals surface area contributed by atoms with Crippen LogP contribution in [0.1, 0.15) is 5.56 Å². The van der Waals surface area contributed by atoms with E-state index in [0.29, 0.717) is 18.5 Å². The summed E-state index contributed by atoms with van der Waals surface area (Å²) in [6, 6.07) is 10.00. The van der Waals surface area contributed by atoms with Gasteiger partial charge in [-0.3, -0.25) is 0 Å². The van der Waals surface area contributed by atoms with Crippen molar-refractivity contribution < 1.29 is 14.6 Å². The summed E-state index contributed by atoms with van der Waals surface area (Å²) in [7, 11) is 0. The smallest absolute Gasteiger partial charge is 0.0864 e. The highest BCUT2D eigenvalue weighted by atomic mass is 32.2. The number of aliphatic hydroxyl groups is 1. The molecular weight excluding hydrogens is 236 g/mol. The lowest BCUT2D eigenvalue weighted by molar-refractivity contribution is 0.0364. The number of benzene rings is 1. The molecular formula is C13H18O3S. The predicted octanol–water partition coefficient (Wildman–Crippen LogP) is 1.70. The molecule has 0 spiro atoms. The molecule has 1 aliphatic rings. The summed E-state index contributed by atoms with van der Waals surface area (Å²) >= 11 is 1.76. The van der Waals surface area contributed by atoms with Gasteiger partial charge in [0.25, 0.3) is 0 Å². The van der Waals surface area contributed by atoms with Gasteiger partial charge in [0, 0.05) is 5.75 Å². The topological polar surface area (TPSA) is 38.7 Å². The summed E-state index contributed by atoms with van der Waals surface area (Å²) in [5.74, 6) is 0.725. The summed E-state index contributed by atoms with van der Waals surface area (Å²) in [5.41, 5.74) is 1.14. The fraction of sp³-hybridized carbons (Fsp3) is 0.538. The molecule has 0 saturated carbocycles. The number of thioether (sulfide) groups is 1. The molecule has 1 N–H and O–H groups in total. The number of hydrogen-bond donors (Lipinski definition) is 1. The lowest BCUT2D eigenvalue weighted by Crippen LogP contribution is -2.32. The Kier molecular flexibility index (Phi) is 5.32. The molecule has 0 aliphatic carbocycles. The van der Waals surface area contributed by atoms with Gasteiger partial charge in [0.05, 0.1) is 37.8 Å². The minimum absolute atomic E-state index is 0.385. The Bertz CT molecular complexity index is 314. The molecule has 0 amide bonds. The van der Waals surface area contributed by atoms with Crippen LogP contribution in [0.3, 0.4) is 0 Å². The van der Waals surface area contributed by atoms with Gasteiger partial charge in [0.2, 0.25) is 0 Å². The molecule has 0 radical (unpaired) electrons. The molecule has 1 heterocycles. The van der Waals surface area contributed by atoms with E-state index in [4.69, 9.17) is 9.47 Å². The van der Waals surface area contributed by atoms with Gasteiger partial charge in [-0.2, -0.15) is 11.8 Å². The second-order valence-corrected chi connectivity index (χ2v) is 5.48. The zero-order valence-corrected chi connectivity index (χ0v) is 10.6. The fourth-order valence-electron chi connectivity index (χ4n) is 1.49. The molecule has 3 nitrogen and oxygen atoms in total. The van der Waals surface area contributed by atoms with Crippen LogP contribution < -0.4 is 0 Å². The molecule has 1 fully saturated rings. The van der Waals surface area contributed by atoms with Crippen molar-refractivity contribution in [3.63, 3.8) is 0 Å². The van der Waals surface area contributed by atoms with Crippen LogP contribution in [-0.2, 0) is 16.1 Å². The molecule has 94 valence electrons. The van der Waals surface area contributed by atoms with Crippen LogP contribution in [-0.4, -0.2) is 42.0 Å². The minimum atomic E-state index is -0.385. The Balaban J connectivity index is 1.54. The van der Waals surface area contributed by atoms with Crippen LogP contribution in [0.2, 0.25) is 0 Å². The lowest BCUT2D eigenvalue weighted by atomic mass is 10.2. The standard InChI is InChI=1S/C13H18O3S/c14-12(10-17-13-8-16-9-13)7-15-6-11-4-2-1-3-5-11/h1-5,12-14H,6-10H2. The molecule has 1 aromatic carbocycles. The van der Waals surface area contributed by atoms with E-state index in [-0.39, 0.29) is 6.10 Å². The van der Waals surface area contributed by atoms with E-state index in [2.05, 4.69) is 0 Å². The first kappa shape index (κ1) is 12.9. The zero-order chi connectivity index (χ0) is 11.9. The highest BCUT2D eigenvalue weighted by Crippen LogP contribution is 2.19. The van der Waals surface area contributed by atoms with Gasteiger partial charge in [-0.25, -0.2) is 0 Å². The van der Waals surface area contributed by atoms with E-state index in [1.54, 1.807) is 11.8 Å². The third kappa shape index (κ3) is 4.68. The van der Waals surface area contributed by atoms with Crippen molar-refractivity contribution in [3.8, 4) is 0 Å². The van der Waals surface area contributed by atoms with Gasteiger partial charge in [-0.15, -0.1) is 0 Å². The van der Waals surface area contributed by atoms with Crippen LogP contribution >= 0.6 is 11.8 Å². The lowest BCUT2D eigenvalue weighted by Gasteiger charge is -2.26. The predicted molar refractivity (Wildman–Crippen MR) is 69.2 cm³/mol. The monoisotopic (exact) mass is 254 g/mol. The Morgan fingerprint density at radius 1 is 1.35 bits per heavy atom. The molecule has 2 rings (SSSR count). The van der Waals surface area contributed by atoms with Crippen molar-refractivity contribution in [3.05, 3.63) is 35.9 Å². The molecule has 17 heavy (non-hydrogen) atoms. The Morgan fingerprint density at radius 2 is 2.12 bits per heavy atom. The second kappa shape index (κ2) is 7.01. The molecule has 4 heteroatoms. The molecule has 1 atom stereocenters. The number of aliphatic hydroxyl groups excluding tert-OH is 1. The Morgan fingerprint density at radius 3 is 2.76 bits per heavy atom. The summed E-state index contributed by atoms with van der Waals surface area (Å²) in [6.45, 7) is 2.61. The van der Waals surface area contributed by atoms with Gasteiger partial charge in [-0.05, 0) is 5.56 Å². The molecule has 1 aliphatic heterocycles. The summed E-state index contributed by atoms with van der Waals surface area (Å²) in [4.78, 5) is 0. The van der Waals surface area contributed by atoms with Gasteiger partial charge in [-0.1, -0.05) is 30.3 Å². The molecule has 0 aromatic heterocycles. The van der Waals surface area contributed by atoms with Crippen molar-refractivity contribution in [1.82, 2.24) is 0 Å². The number of hydrogen-bond acceptors (Lipinski definition) is 4. The Hall–Kier alpha value is -0.550. The molecule has 1 aromatic rings. The number of ether oxygens (including phenoxy) is 2. The maximum Gasteiger partial charge on any atom is 0.0864 e. The SMILES string of the molecule is OC(COCc1ccccc1)CSC1COC1. The first-order chi connectivity index (χ1) is 8.34. The fourth-order valence-corrected chi connectivity index (χ4v) is 2.47. The van der Waals surface area contributed by atoms with Crippen LogP contribution in [0.5, 0.6) is 0 Å². The second-order valence-electron chi connectivity index (χ2n) is 4.15. The first-order valence-electron chi connectivity index (χ1n) is 5.83. The van der Waals surface area contributed by atoms with Gasteiger partial charge in [0.15, 0.2) is 0 Å². The average molecular weight is 254 g/mol. The van der Waals surface area contributed by atoms with Crippen molar-refractivity contribution in [2.75, 3.05) is 25.6 Å². The summed E-state index contributed by atoms with van der Waals surface area (Å²) in [6.07, 6.45) is -0.385. The normalized spacial score (nSPS) is 17.7. The largest absolute Gasteiger partial charge is 0.390 e. The van der Waals surface area contributed by atoms with Crippen LogP contribution in [0, 0.1) is 0 Å². The van der Waals surface area contributed by atoms with Crippen LogP contribution in [0.25, 0.3) is 0 Å². The number of rotatable bonds is 7. The maximum absolute atomic E-state index is 9.71. The van der Waals surface area contributed by atoms with Gasteiger partial charge >= 0.3 is 0 Å². The highest BCUT2D eigenvalue weighted by Gasteiger charge is 2.19. The van der Waals surface area contributed by atoms with Crippen LogP contribution in [0.15, 0.2) is 30.3 Å². The zero-order valence-electron chi connectivity index (χ0n) is 9.75. The summed E-state index contributed by atoms with van der Waals surface area (Å²) in [5, 5.41) is 10.3. The quantitative estimate of drug-likeness (QED) is 0.804. The third-order valence-corrected chi connectivity index (χ3v) is 3.87. The van der Waals surface area contributed by atoms with E-state index >= 15 is 0 Å². The minimum Gasteiger partial charge on any atom is -0.390 e. The Labute approximate surface area is 106 Å². The van der Waals surface area contributed by atoms with E-state index in [9.17, 15) is 5.11 Å². The highest BCUT2D eigenvalue weighted by molar-refractivity contribution is 8.00. The average Bonchev–Trinajstić information content (AvgIpc) is 2.28. The van der Waals surface area contributed by atoms with Crippen molar-refractivity contribution in [2.45, 2.75) is 18.0 Å². The molecule has 1 saturated heterocycles. The third-order valence-electron chi connectivity index (χ3n) is 2.55. The van der Waals surface area contributed by atoms with Gasteiger partial charge in [0.1, 0.15) is 0 Å². The molecule has 1 unspecified atom stereocenters. The van der Waals surface area contributed by atoms with Crippen molar-refractivity contribution >= 4 is 11.8 Å². The first-order valence-corrected chi connectivity index (χ1v) is 6.88. The van der Waals surface area contributed by atoms with E-state index in [0.717, 1.165) is 24.5 Å². The summed E-state index contributed by atoms with van der Waals surface area (Å²) < 4.78 is 10.5. The maximum atomic E-state index is 9.71. The van der Waals surface area contributed by atoms with Crippen molar-refractivity contribution in [1.29, 1.82) is 0 Å². The van der Waals surface area contributed by atoms with Gasteiger partial charge < -0.3 is 14.6 Å². The van der Waals surface area contributed by atoms with E-state index in [1.807, 2.05) is 30.3 Å².